The minimum absolute atomic E-state index is 0.00875. The van der Waals surface area contributed by atoms with E-state index in [9.17, 15) is 0 Å². The average molecular weight is 231 g/mol. The van der Waals surface area contributed by atoms with Crippen LogP contribution in [0.4, 0.5) is 0 Å². The molecule has 0 amide bonds. The smallest absolute Gasteiger partial charge is 0.0934 e. The molecule has 1 aromatic heterocycles. The van der Waals surface area contributed by atoms with E-state index in [2.05, 4.69) is 9.97 Å². The summed E-state index contributed by atoms with van der Waals surface area (Å²) in [6.45, 7) is 0.740. The number of aromatic nitrogens is 2. The molecule has 1 atom stereocenters. The molecule has 0 aliphatic rings. The lowest BCUT2D eigenvalue weighted by molar-refractivity contribution is 0.190. The average Bonchev–Trinajstić information content (AvgIpc) is 2.38. The molecule has 0 spiro atoms. The fraction of sp³-hybridized carbons (Fsp3) is 0.385. The fourth-order valence-corrected chi connectivity index (χ4v) is 1.92. The Morgan fingerprint density at radius 2 is 2.12 bits per heavy atom. The molecule has 17 heavy (non-hydrogen) atoms. The summed E-state index contributed by atoms with van der Waals surface area (Å²) < 4.78 is 5.03. The van der Waals surface area contributed by atoms with Gasteiger partial charge in [-0.15, -0.1) is 0 Å². The van der Waals surface area contributed by atoms with E-state index in [1.165, 1.54) is 0 Å². The zero-order chi connectivity index (χ0) is 12.1. The number of nitrogens with two attached hydrogens (primary N) is 1. The maximum absolute atomic E-state index is 6.18. The number of hydrogen-bond acceptors (Lipinski definition) is 4. The molecule has 4 heteroatoms. The van der Waals surface area contributed by atoms with Gasteiger partial charge in [-0.3, -0.25) is 9.97 Å². The van der Waals surface area contributed by atoms with Gasteiger partial charge in [-0.25, -0.2) is 0 Å². The summed E-state index contributed by atoms with van der Waals surface area (Å²) in [7, 11) is 1.70. The van der Waals surface area contributed by atoms with Crippen molar-refractivity contribution in [2.75, 3.05) is 13.7 Å². The molecule has 2 N–H and O–H groups in total. The quantitative estimate of drug-likeness (QED) is 0.800. The number of rotatable bonds is 5. The lowest BCUT2D eigenvalue weighted by Gasteiger charge is -2.13. The van der Waals surface area contributed by atoms with Gasteiger partial charge in [0.15, 0.2) is 0 Å². The zero-order valence-corrected chi connectivity index (χ0v) is 9.97. The van der Waals surface area contributed by atoms with Crippen molar-refractivity contribution in [1.82, 2.24) is 9.97 Å². The predicted octanol–water partition coefficient (Wildman–Crippen LogP) is 2.06. The maximum atomic E-state index is 6.18. The van der Waals surface area contributed by atoms with Gasteiger partial charge in [0.05, 0.1) is 11.0 Å². The van der Waals surface area contributed by atoms with Crippen LogP contribution in [0.15, 0.2) is 30.6 Å². The summed E-state index contributed by atoms with van der Waals surface area (Å²) in [6, 6.07) is 5.94. The summed E-state index contributed by atoms with van der Waals surface area (Å²) in [5.41, 5.74) is 9.04. The Morgan fingerprint density at radius 1 is 1.29 bits per heavy atom. The van der Waals surface area contributed by atoms with Gasteiger partial charge in [0, 0.05) is 32.2 Å². The molecule has 4 nitrogen and oxygen atoms in total. The van der Waals surface area contributed by atoms with E-state index in [0.717, 1.165) is 36.0 Å². The van der Waals surface area contributed by atoms with Gasteiger partial charge in [-0.1, -0.05) is 12.1 Å². The number of methoxy groups -OCH3 is 1. The Bertz CT molecular complexity index is 482. The summed E-state index contributed by atoms with van der Waals surface area (Å²) >= 11 is 0. The number of hydrogen-bond donors (Lipinski definition) is 1. The molecule has 0 saturated carbocycles. The molecule has 0 radical (unpaired) electrons. The van der Waals surface area contributed by atoms with Crippen molar-refractivity contribution in [2.24, 2.45) is 5.73 Å². The van der Waals surface area contributed by atoms with E-state index < -0.39 is 0 Å². The molecule has 1 aromatic carbocycles. The van der Waals surface area contributed by atoms with Crippen LogP contribution in [0.2, 0.25) is 0 Å². The Kier molecular flexibility index (Phi) is 4.01. The van der Waals surface area contributed by atoms with Gasteiger partial charge in [0.25, 0.3) is 0 Å². The van der Waals surface area contributed by atoms with Crippen LogP contribution in [0, 0.1) is 0 Å². The number of nitrogens with zero attached hydrogens (tertiary/aromatic N) is 2. The molecule has 0 saturated heterocycles. The fourth-order valence-electron chi connectivity index (χ4n) is 1.92. The minimum atomic E-state index is -0.00875. The van der Waals surface area contributed by atoms with Crippen molar-refractivity contribution in [2.45, 2.75) is 18.9 Å². The largest absolute Gasteiger partial charge is 0.385 e. The van der Waals surface area contributed by atoms with Crippen LogP contribution >= 0.6 is 0 Å². The SMILES string of the molecule is COCCCC(N)c1cccc2nccnc12. The molecule has 90 valence electrons. The van der Waals surface area contributed by atoms with E-state index in [0.29, 0.717) is 0 Å². The lowest BCUT2D eigenvalue weighted by atomic mass is 10.0. The standard InChI is InChI=1S/C13H17N3O/c1-17-9-3-5-11(14)10-4-2-6-12-13(10)16-8-7-15-12/h2,4,6-8,11H,3,5,9,14H2,1H3. The Balaban J connectivity index is 2.22. The topological polar surface area (TPSA) is 61.0 Å². The first-order valence-electron chi connectivity index (χ1n) is 5.77. The molecule has 0 aliphatic heterocycles. The van der Waals surface area contributed by atoms with Crippen molar-refractivity contribution >= 4 is 11.0 Å². The molecular weight excluding hydrogens is 214 g/mol. The van der Waals surface area contributed by atoms with Crippen molar-refractivity contribution in [3.8, 4) is 0 Å². The Morgan fingerprint density at radius 3 is 2.94 bits per heavy atom. The summed E-state index contributed by atoms with van der Waals surface area (Å²) in [4.78, 5) is 8.63. The molecule has 0 bridgehead atoms. The third-order valence-electron chi connectivity index (χ3n) is 2.79. The second kappa shape index (κ2) is 5.70. The Labute approximate surface area is 101 Å². The number of fused-ring (bicyclic) bond motifs is 1. The molecule has 2 rings (SSSR count). The van der Waals surface area contributed by atoms with Crippen LogP contribution in [0.25, 0.3) is 11.0 Å². The molecule has 0 fully saturated rings. The van der Waals surface area contributed by atoms with Gasteiger partial charge >= 0.3 is 0 Å². The van der Waals surface area contributed by atoms with E-state index in [-0.39, 0.29) is 6.04 Å². The molecule has 2 aromatic rings. The van der Waals surface area contributed by atoms with E-state index in [1.54, 1.807) is 19.5 Å². The highest BCUT2D eigenvalue weighted by molar-refractivity contribution is 5.77. The van der Waals surface area contributed by atoms with Crippen LogP contribution in [0.3, 0.4) is 0 Å². The highest BCUT2D eigenvalue weighted by Gasteiger charge is 2.10. The monoisotopic (exact) mass is 231 g/mol. The first-order chi connectivity index (χ1) is 8.33. The predicted molar refractivity (Wildman–Crippen MR) is 67.6 cm³/mol. The number of ether oxygens (including phenoxy) is 1. The van der Waals surface area contributed by atoms with Gasteiger partial charge in [0.1, 0.15) is 0 Å². The molecule has 0 aliphatic carbocycles. The summed E-state index contributed by atoms with van der Waals surface area (Å²) in [5, 5.41) is 0. The molecule has 1 unspecified atom stereocenters. The number of para-hydroxylation sites is 1. The third kappa shape index (κ3) is 2.78. The van der Waals surface area contributed by atoms with Gasteiger partial charge < -0.3 is 10.5 Å². The second-order valence-electron chi connectivity index (χ2n) is 4.01. The second-order valence-corrected chi connectivity index (χ2v) is 4.01. The maximum Gasteiger partial charge on any atom is 0.0934 e. The Hall–Kier alpha value is -1.52. The molecule has 1 heterocycles. The van der Waals surface area contributed by atoms with Crippen molar-refractivity contribution in [3.63, 3.8) is 0 Å². The van der Waals surface area contributed by atoms with Crippen molar-refractivity contribution in [3.05, 3.63) is 36.2 Å². The first kappa shape index (κ1) is 12.0. The van der Waals surface area contributed by atoms with Gasteiger partial charge in [0.2, 0.25) is 0 Å². The van der Waals surface area contributed by atoms with Crippen molar-refractivity contribution < 1.29 is 4.74 Å². The third-order valence-corrected chi connectivity index (χ3v) is 2.79. The normalized spacial score (nSPS) is 12.8. The van der Waals surface area contributed by atoms with E-state index >= 15 is 0 Å². The van der Waals surface area contributed by atoms with Crippen molar-refractivity contribution in [1.29, 1.82) is 0 Å². The number of benzene rings is 1. The van der Waals surface area contributed by atoms with E-state index in [1.807, 2.05) is 18.2 Å². The zero-order valence-electron chi connectivity index (χ0n) is 9.97. The van der Waals surface area contributed by atoms with Crippen LogP contribution in [0.5, 0.6) is 0 Å². The van der Waals surface area contributed by atoms with Gasteiger partial charge in [-0.2, -0.15) is 0 Å². The highest BCUT2D eigenvalue weighted by Crippen LogP contribution is 2.22. The molecular formula is C13H17N3O. The van der Waals surface area contributed by atoms with Gasteiger partial charge in [-0.05, 0) is 24.5 Å². The minimum Gasteiger partial charge on any atom is -0.385 e. The van der Waals surface area contributed by atoms with Crippen LogP contribution < -0.4 is 5.73 Å². The highest BCUT2D eigenvalue weighted by atomic mass is 16.5. The van der Waals surface area contributed by atoms with Crippen LogP contribution in [0.1, 0.15) is 24.4 Å². The first-order valence-corrected chi connectivity index (χ1v) is 5.77. The summed E-state index contributed by atoms with van der Waals surface area (Å²) in [6.07, 6.45) is 5.24. The van der Waals surface area contributed by atoms with E-state index in [4.69, 9.17) is 10.5 Å². The lowest BCUT2D eigenvalue weighted by Crippen LogP contribution is -2.12. The summed E-state index contributed by atoms with van der Waals surface area (Å²) in [5.74, 6) is 0. The van der Waals surface area contributed by atoms with Crippen LogP contribution in [-0.4, -0.2) is 23.7 Å². The van der Waals surface area contributed by atoms with Crippen LogP contribution in [-0.2, 0) is 4.74 Å².